The van der Waals surface area contributed by atoms with E-state index < -0.39 is 10.2 Å². The molecule has 0 radical (unpaired) electrons. The van der Waals surface area contributed by atoms with Crippen LogP contribution in [0, 0.1) is 0 Å². The number of likely N-dealkylation sites (N-methyl/N-ethyl adjacent to an activating group) is 1. The highest BCUT2D eigenvalue weighted by atomic mass is 32.2. The predicted molar refractivity (Wildman–Crippen MR) is 65.2 cm³/mol. The van der Waals surface area contributed by atoms with E-state index in [9.17, 15) is 8.42 Å². The van der Waals surface area contributed by atoms with Gasteiger partial charge in [-0.3, -0.25) is 0 Å². The monoisotopic (exact) mass is 249 g/mol. The zero-order chi connectivity index (χ0) is 12.2. The lowest BCUT2D eigenvalue weighted by Crippen LogP contribution is -2.46. The summed E-state index contributed by atoms with van der Waals surface area (Å²) < 4.78 is 27.1. The largest absolute Gasteiger partial charge is 0.329 e. The summed E-state index contributed by atoms with van der Waals surface area (Å²) >= 11 is 0. The molecule has 0 saturated heterocycles. The highest BCUT2D eigenvalue weighted by Crippen LogP contribution is 2.24. The molecule has 0 bridgehead atoms. The minimum absolute atomic E-state index is 0.166. The van der Waals surface area contributed by atoms with Gasteiger partial charge in [-0.25, -0.2) is 0 Å². The van der Waals surface area contributed by atoms with E-state index in [4.69, 9.17) is 5.73 Å². The van der Waals surface area contributed by atoms with Gasteiger partial charge in [-0.15, -0.1) is 0 Å². The number of nitrogens with two attached hydrogens (primary N) is 1. The first-order valence-electron chi connectivity index (χ1n) is 5.89. The summed E-state index contributed by atoms with van der Waals surface area (Å²) in [5, 5.41) is 0. The van der Waals surface area contributed by atoms with Gasteiger partial charge >= 0.3 is 0 Å². The second-order valence-corrected chi connectivity index (χ2v) is 6.52. The molecule has 5 nitrogen and oxygen atoms in total. The van der Waals surface area contributed by atoms with Gasteiger partial charge in [0, 0.05) is 33.2 Å². The first kappa shape index (κ1) is 13.9. The van der Waals surface area contributed by atoms with E-state index in [0.29, 0.717) is 13.1 Å². The Morgan fingerprint density at radius 2 is 1.75 bits per heavy atom. The number of nitrogens with zero attached hydrogens (tertiary/aromatic N) is 2. The van der Waals surface area contributed by atoms with Crippen LogP contribution in [0.5, 0.6) is 0 Å². The fourth-order valence-corrected chi connectivity index (χ4v) is 3.51. The second-order valence-electron chi connectivity index (χ2n) is 4.43. The summed E-state index contributed by atoms with van der Waals surface area (Å²) in [7, 11) is -0.0504. The van der Waals surface area contributed by atoms with Crippen molar-refractivity contribution in [3.05, 3.63) is 0 Å². The van der Waals surface area contributed by atoms with E-state index in [0.717, 1.165) is 25.7 Å². The molecular weight excluding hydrogens is 226 g/mol. The van der Waals surface area contributed by atoms with Crippen LogP contribution in [0.4, 0.5) is 0 Å². The predicted octanol–water partition coefficient (Wildman–Crippen LogP) is 0.386. The number of rotatable bonds is 5. The van der Waals surface area contributed by atoms with Crippen LogP contribution in [-0.2, 0) is 10.2 Å². The minimum atomic E-state index is -3.31. The van der Waals surface area contributed by atoms with Crippen molar-refractivity contribution in [2.24, 2.45) is 5.73 Å². The van der Waals surface area contributed by atoms with Gasteiger partial charge in [0.1, 0.15) is 0 Å². The standard InChI is InChI=1S/C10H23N3O2S/c1-12(9-8-11)16(14,15)13(2)10-6-4-3-5-7-10/h10H,3-9,11H2,1-2H3. The zero-order valence-corrected chi connectivity index (χ0v) is 11.0. The second kappa shape index (κ2) is 5.95. The molecule has 0 aromatic carbocycles. The molecule has 0 unspecified atom stereocenters. The SMILES string of the molecule is CN(CCN)S(=O)(=O)N(C)C1CCCCC1. The quantitative estimate of drug-likeness (QED) is 0.766. The van der Waals surface area contributed by atoms with Crippen molar-refractivity contribution in [2.45, 2.75) is 38.1 Å². The van der Waals surface area contributed by atoms with Gasteiger partial charge in [0.05, 0.1) is 0 Å². The van der Waals surface area contributed by atoms with Crippen molar-refractivity contribution in [1.29, 1.82) is 0 Å². The first-order chi connectivity index (χ1) is 7.50. The van der Waals surface area contributed by atoms with Crippen LogP contribution in [0.2, 0.25) is 0 Å². The molecule has 1 saturated carbocycles. The van der Waals surface area contributed by atoms with E-state index in [-0.39, 0.29) is 6.04 Å². The fraction of sp³-hybridized carbons (Fsp3) is 1.00. The molecule has 1 aliphatic carbocycles. The van der Waals surface area contributed by atoms with E-state index in [1.165, 1.54) is 15.0 Å². The lowest BCUT2D eigenvalue weighted by molar-refractivity contribution is 0.269. The van der Waals surface area contributed by atoms with Crippen LogP contribution in [-0.4, -0.2) is 50.3 Å². The molecule has 1 rings (SSSR count). The molecule has 96 valence electrons. The highest BCUT2D eigenvalue weighted by molar-refractivity contribution is 7.86. The fourth-order valence-electron chi connectivity index (χ4n) is 2.15. The molecule has 1 aliphatic rings. The molecule has 1 fully saturated rings. The number of hydrogen-bond donors (Lipinski definition) is 1. The van der Waals surface area contributed by atoms with Gasteiger partial charge in [0.25, 0.3) is 10.2 Å². The molecule has 6 heteroatoms. The summed E-state index contributed by atoms with van der Waals surface area (Å²) in [5.74, 6) is 0. The summed E-state index contributed by atoms with van der Waals surface area (Å²) in [6, 6.07) is 0.166. The molecule has 0 aliphatic heterocycles. The van der Waals surface area contributed by atoms with Gasteiger partial charge in [0.15, 0.2) is 0 Å². The smallest absolute Gasteiger partial charge is 0.281 e. The Morgan fingerprint density at radius 3 is 2.25 bits per heavy atom. The Morgan fingerprint density at radius 1 is 1.19 bits per heavy atom. The van der Waals surface area contributed by atoms with Gasteiger partial charge in [0.2, 0.25) is 0 Å². The van der Waals surface area contributed by atoms with Crippen molar-refractivity contribution < 1.29 is 8.42 Å². The minimum Gasteiger partial charge on any atom is -0.329 e. The van der Waals surface area contributed by atoms with Gasteiger partial charge < -0.3 is 5.73 Å². The third-order valence-corrected chi connectivity index (χ3v) is 5.29. The average molecular weight is 249 g/mol. The van der Waals surface area contributed by atoms with Crippen molar-refractivity contribution in [3.8, 4) is 0 Å². The molecule has 0 spiro atoms. The molecule has 0 amide bonds. The van der Waals surface area contributed by atoms with Crippen molar-refractivity contribution in [1.82, 2.24) is 8.61 Å². The Bertz CT molecular complexity index is 299. The van der Waals surface area contributed by atoms with E-state index in [1.54, 1.807) is 14.1 Å². The molecule has 0 heterocycles. The van der Waals surface area contributed by atoms with Crippen LogP contribution in [0.15, 0.2) is 0 Å². The van der Waals surface area contributed by atoms with Crippen LogP contribution >= 0.6 is 0 Å². The third kappa shape index (κ3) is 3.16. The maximum atomic E-state index is 12.1. The van der Waals surface area contributed by atoms with Gasteiger partial charge in [-0.05, 0) is 12.8 Å². The van der Waals surface area contributed by atoms with Gasteiger partial charge in [-0.2, -0.15) is 17.0 Å². The Kier molecular flexibility index (Phi) is 5.17. The Hall–Kier alpha value is -0.170. The normalized spacial score (nSPS) is 19.6. The van der Waals surface area contributed by atoms with E-state index >= 15 is 0 Å². The summed E-state index contributed by atoms with van der Waals surface area (Å²) in [6.07, 6.45) is 5.44. The lowest BCUT2D eigenvalue weighted by Gasteiger charge is -2.33. The molecule has 16 heavy (non-hydrogen) atoms. The van der Waals surface area contributed by atoms with E-state index in [2.05, 4.69) is 0 Å². The summed E-state index contributed by atoms with van der Waals surface area (Å²) in [5.41, 5.74) is 5.38. The van der Waals surface area contributed by atoms with Crippen LogP contribution in [0.25, 0.3) is 0 Å². The molecule has 0 atom stereocenters. The Labute approximate surface area is 98.8 Å². The third-order valence-electron chi connectivity index (χ3n) is 3.29. The van der Waals surface area contributed by atoms with Crippen LogP contribution < -0.4 is 5.73 Å². The van der Waals surface area contributed by atoms with Crippen molar-refractivity contribution >= 4 is 10.2 Å². The highest BCUT2D eigenvalue weighted by Gasteiger charge is 2.30. The molecular formula is C10H23N3O2S. The van der Waals surface area contributed by atoms with E-state index in [1.807, 2.05) is 0 Å². The Balaban J connectivity index is 2.66. The van der Waals surface area contributed by atoms with Crippen LogP contribution in [0.3, 0.4) is 0 Å². The van der Waals surface area contributed by atoms with Gasteiger partial charge in [-0.1, -0.05) is 19.3 Å². The molecule has 0 aromatic rings. The van der Waals surface area contributed by atoms with Crippen molar-refractivity contribution in [2.75, 3.05) is 27.2 Å². The van der Waals surface area contributed by atoms with Crippen molar-refractivity contribution in [3.63, 3.8) is 0 Å². The summed E-state index contributed by atoms with van der Waals surface area (Å²) in [6.45, 7) is 0.730. The zero-order valence-electron chi connectivity index (χ0n) is 10.2. The lowest BCUT2D eigenvalue weighted by atomic mass is 9.96. The average Bonchev–Trinajstić information content (AvgIpc) is 2.29. The first-order valence-corrected chi connectivity index (χ1v) is 7.29. The van der Waals surface area contributed by atoms with Crippen LogP contribution in [0.1, 0.15) is 32.1 Å². The number of hydrogen-bond acceptors (Lipinski definition) is 3. The summed E-state index contributed by atoms with van der Waals surface area (Å²) in [4.78, 5) is 0. The topological polar surface area (TPSA) is 66.6 Å². The maximum Gasteiger partial charge on any atom is 0.281 e. The molecule has 2 N–H and O–H groups in total. The molecule has 0 aromatic heterocycles. The maximum absolute atomic E-state index is 12.1.